The van der Waals surface area contributed by atoms with Crippen LogP contribution in [0.4, 0.5) is 11.6 Å². The molecule has 2 N–H and O–H groups in total. The Morgan fingerprint density at radius 2 is 1.85 bits per heavy atom. The van der Waals surface area contributed by atoms with Crippen LogP contribution in [0.2, 0.25) is 10.0 Å². The van der Waals surface area contributed by atoms with Gasteiger partial charge >= 0.3 is 0 Å². The second-order valence-electron chi connectivity index (χ2n) is 5.51. The normalized spacial score (nSPS) is 10.4. The lowest BCUT2D eigenvalue weighted by molar-refractivity contribution is 0.102. The average molecular weight is 388 g/mol. The second kappa shape index (κ2) is 8.12. The maximum Gasteiger partial charge on any atom is 0.274 e. The number of aromatic nitrogens is 3. The van der Waals surface area contributed by atoms with E-state index in [1.165, 1.54) is 0 Å². The number of carbonyl (C=O) groups excluding carboxylic acids is 1. The van der Waals surface area contributed by atoms with E-state index in [0.29, 0.717) is 33.9 Å². The molecule has 0 radical (unpaired) electrons. The zero-order valence-electron chi connectivity index (χ0n) is 13.8. The van der Waals surface area contributed by atoms with Crippen molar-refractivity contribution < 1.29 is 4.79 Å². The van der Waals surface area contributed by atoms with Gasteiger partial charge in [0.2, 0.25) is 5.95 Å². The van der Waals surface area contributed by atoms with E-state index in [4.69, 9.17) is 23.2 Å². The van der Waals surface area contributed by atoms with Gasteiger partial charge in [0.1, 0.15) is 5.69 Å². The van der Waals surface area contributed by atoms with Gasteiger partial charge < -0.3 is 10.6 Å². The molecule has 0 atom stereocenters. The zero-order chi connectivity index (χ0) is 18.5. The Hall–Kier alpha value is -2.70. The van der Waals surface area contributed by atoms with E-state index in [1.54, 1.807) is 37.4 Å². The van der Waals surface area contributed by atoms with Crippen LogP contribution in [0.5, 0.6) is 0 Å². The van der Waals surface area contributed by atoms with Crippen molar-refractivity contribution in [1.82, 2.24) is 15.0 Å². The third kappa shape index (κ3) is 4.91. The average Bonchev–Trinajstić information content (AvgIpc) is 2.59. The van der Waals surface area contributed by atoms with Crippen LogP contribution in [0.25, 0.3) is 0 Å². The lowest BCUT2D eigenvalue weighted by atomic mass is 10.3. The molecule has 0 aliphatic heterocycles. The molecule has 0 fully saturated rings. The fourth-order valence-corrected chi connectivity index (χ4v) is 2.78. The highest BCUT2D eigenvalue weighted by Gasteiger charge is 2.12. The Bertz CT molecular complexity index is 914. The zero-order valence-corrected chi connectivity index (χ0v) is 15.3. The Balaban J connectivity index is 1.74. The standard InChI is InChI=1S/C18H15Cl2N5O/c1-11-6-16(17(26)24-15-8-12(19)7-13(20)9-15)25-18(23-11)22-10-14-4-2-3-5-21-14/h2-9H,10H2,1H3,(H,24,26)(H,22,23,25). The summed E-state index contributed by atoms with van der Waals surface area (Å²) in [5, 5.41) is 6.67. The van der Waals surface area contributed by atoms with Crippen molar-refractivity contribution in [1.29, 1.82) is 0 Å². The van der Waals surface area contributed by atoms with Crippen LogP contribution in [0.1, 0.15) is 21.9 Å². The van der Waals surface area contributed by atoms with Crippen molar-refractivity contribution in [2.24, 2.45) is 0 Å². The molecule has 6 nitrogen and oxygen atoms in total. The molecular formula is C18H15Cl2N5O. The number of rotatable bonds is 5. The fourth-order valence-electron chi connectivity index (χ4n) is 2.26. The summed E-state index contributed by atoms with van der Waals surface area (Å²) in [5.74, 6) is -0.0281. The number of amides is 1. The summed E-state index contributed by atoms with van der Waals surface area (Å²) in [4.78, 5) is 25.3. The Kier molecular flexibility index (Phi) is 5.65. The number of pyridine rings is 1. The number of halogens is 2. The number of benzene rings is 1. The molecule has 0 aliphatic rings. The predicted octanol–water partition coefficient (Wildman–Crippen LogP) is 4.35. The minimum atomic E-state index is -0.380. The number of carbonyl (C=O) groups is 1. The molecule has 8 heteroatoms. The van der Waals surface area contributed by atoms with Gasteiger partial charge in [-0.3, -0.25) is 9.78 Å². The van der Waals surface area contributed by atoms with Crippen LogP contribution in [-0.2, 0) is 6.54 Å². The number of nitrogens with zero attached hydrogens (tertiary/aromatic N) is 3. The monoisotopic (exact) mass is 387 g/mol. The van der Waals surface area contributed by atoms with Gasteiger partial charge in [0, 0.05) is 27.6 Å². The molecule has 0 bridgehead atoms. The molecule has 3 aromatic rings. The first-order valence-electron chi connectivity index (χ1n) is 7.76. The summed E-state index contributed by atoms with van der Waals surface area (Å²) in [6.45, 7) is 2.25. The van der Waals surface area contributed by atoms with Gasteiger partial charge in [-0.15, -0.1) is 0 Å². The molecule has 1 amide bonds. The van der Waals surface area contributed by atoms with Gasteiger partial charge in [0.05, 0.1) is 12.2 Å². The fraction of sp³-hybridized carbons (Fsp3) is 0.111. The molecule has 3 rings (SSSR count). The lowest BCUT2D eigenvalue weighted by Gasteiger charge is -2.09. The van der Waals surface area contributed by atoms with Crippen molar-refractivity contribution in [3.63, 3.8) is 0 Å². The van der Waals surface area contributed by atoms with E-state index in [9.17, 15) is 4.79 Å². The smallest absolute Gasteiger partial charge is 0.274 e. The molecule has 2 aromatic heterocycles. The van der Waals surface area contributed by atoms with Crippen molar-refractivity contribution >= 4 is 40.7 Å². The molecular weight excluding hydrogens is 373 g/mol. The molecule has 0 aliphatic carbocycles. The first kappa shape index (κ1) is 18.1. The maximum atomic E-state index is 12.5. The number of hydrogen-bond acceptors (Lipinski definition) is 5. The highest BCUT2D eigenvalue weighted by Crippen LogP contribution is 2.23. The highest BCUT2D eigenvalue weighted by molar-refractivity contribution is 6.35. The summed E-state index contributed by atoms with van der Waals surface area (Å²) in [5.41, 5.74) is 2.24. The van der Waals surface area contributed by atoms with Crippen molar-refractivity contribution in [3.05, 3.63) is 75.8 Å². The summed E-state index contributed by atoms with van der Waals surface area (Å²) >= 11 is 11.9. The minimum Gasteiger partial charge on any atom is -0.349 e. The summed E-state index contributed by atoms with van der Waals surface area (Å²) in [6, 6.07) is 12.0. The first-order valence-corrected chi connectivity index (χ1v) is 8.52. The van der Waals surface area contributed by atoms with Gasteiger partial charge in [-0.2, -0.15) is 0 Å². The summed E-state index contributed by atoms with van der Waals surface area (Å²) in [6.07, 6.45) is 1.71. The van der Waals surface area contributed by atoms with Crippen molar-refractivity contribution in [3.8, 4) is 0 Å². The van der Waals surface area contributed by atoms with Crippen molar-refractivity contribution in [2.75, 3.05) is 10.6 Å². The maximum absolute atomic E-state index is 12.5. The van der Waals surface area contributed by atoms with E-state index in [0.717, 1.165) is 5.69 Å². The molecule has 132 valence electrons. The molecule has 1 aromatic carbocycles. The largest absolute Gasteiger partial charge is 0.349 e. The molecule has 0 spiro atoms. The van der Waals surface area contributed by atoms with Gasteiger partial charge in [0.15, 0.2) is 0 Å². The minimum absolute atomic E-state index is 0.233. The van der Waals surface area contributed by atoms with Gasteiger partial charge in [0.25, 0.3) is 5.91 Å². The molecule has 0 saturated carbocycles. The van der Waals surface area contributed by atoms with Gasteiger partial charge in [-0.1, -0.05) is 29.3 Å². The third-order valence-corrected chi connectivity index (χ3v) is 3.80. The van der Waals surface area contributed by atoms with Crippen LogP contribution >= 0.6 is 23.2 Å². The Morgan fingerprint density at radius 3 is 2.54 bits per heavy atom. The SMILES string of the molecule is Cc1cc(C(=O)Nc2cc(Cl)cc(Cl)c2)nc(NCc2ccccn2)n1. The molecule has 0 saturated heterocycles. The highest BCUT2D eigenvalue weighted by atomic mass is 35.5. The molecule has 26 heavy (non-hydrogen) atoms. The topological polar surface area (TPSA) is 79.8 Å². The second-order valence-corrected chi connectivity index (χ2v) is 6.38. The number of nitrogens with one attached hydrogen (secondary N) is 2. The van der Waals surface area contributed by atoms with Crippen molar-refractivity contribution in [2.45, 2.75) is 13.5 Å². The Morgan fingerprint density at radius 1 is 1.08 bits per heavy atom. The first-order chi connectivity index (χ1) is 12.5. The lowest BCUT2D eigenvalue weighted by Crippen LogP contribution is -2.16. The number of hydrogen-bond donors (Lipinski definition) is 2. The van der Waals surface area contributed by atoms with Crippen LogP contribution in [-0.4, -0.2) is 20.9 Å². The number of anilines is 2. The quantitative estimate of drug-likeness (QED) is 0.679. The van der Waals surface area contributed by atoms with Crippen LogP contribution in [0, 0.1) is 6.92 Å². The van der Waals surface area contributed by atoms with Gasteiger partial charge in [-0.05, 0) is 43.3 Å². The van der Waals surface area contributed by atoms with Gasteiger partial charge in [-0.25, -0.2) is 9.97 Å². The number of aryl methyl sites for hydroxylation is 1. The van der Waals surface area contributed by atoms with E-state index < -0.39 is 0 Å². The Labute approximate surface area is 160 Å². The summed E-state index contributed by atoms with van der Waals surface area (Å²) in [7, 11) is 0. The van der Waals surface area contributed by atoms with E-state index >= 15 is 0 Å². The predicted molar refractivity (Wildman–Crippen MR) is 103 cm³/mol. The van der Waals surface area contributed by atoms with E-state index in [-0.39, 0.29) is 11.6 Å². The van der Waals surface area contributed by atoms with E-state index in [1.807, 2.05) is 18.2 Å². The van der Waals surface area contributed by atoms with Crippen LogP contribution in [0.15, 0.2) is 48.7 Å². The molecule has 2 heterocycles. The van der Waals surface area contributed by atoms with Crippen LogP contribution in [0.3, 0.4) is 0 Å². The molecule has 0 unspecified atom stereocenters. The summed E-state index contributed by atoms with van der Waals surface area (Å²) < 4.78 is 0. The van der Waals surface area contributed by atoms with Crippen LogP contribution < -0.4 is 10.6 Å². The third-order valence-electron chi connectivity index (χ3n) is 3.36. The van der Waals surface area contributed by atoms with E-state index in [2.05, 4.69) is 25.6 Å².